The molecule has 0 aliphatic carbocycles. The number of hydrogen-bond acceptors (Lipinski definition) is 3. The number of rotatable bonds is 5. The minimum absolute atomic E-state index is 0.835. The van der Waals surface area contributed by atoms with Crippen molar-refractivity contribution in [3.63, 3.8) is 0 Å². The molecule has 0 bridgehead atoms. The van der Waals surface area contributed by atoms with Crippen LogP contribution in [0.4, 0.5) is 5.95 Å². The Morgan fingerprint density at radius 3 is 2.63 bits per heavy atom. The van der Waals surface area contributed by atoms with Gasteiger partial charge in [0.05, 0.1) is 5.69 Å². The Morgan fingerprint density at radius 1 is 1.26 bits per heavy atom. The van der Waals surface area contributed by atoms with Crippen LogP contribution in [0.5, 0.6) is 0 Å². The Balaban J connectivity index is 1.77. The first-order valence-electron chi connectivity index (χ1n) is 7.83. The molecular weight excluding hydrogens is 236 g/mol. The maximum Gasteiger partial charge on any atom is 0.205 e. The molecule has 0 aromatic carbocycles. The van der Waals surface area contributed by atoms with Crippen molar-refractivity contribution in [2.45, 2.75) is 39.7 Å². The van der Waals surface area contributed by atoms with Gasteiger partial charge in [-0.3, -0.25) is 0 Å². The summed E-state index contributed by atoms with van der Waals surface area (Å²) < 4.78 is 2.39. The maximum absolute atomic E-state index is 4.86. The van der Waals surface area contributed by atoms with Crippen LogP contribution in [0.2, 0.25) is 0 Å². The molecule has 3 rings (SSSR count). The highest BCUT2D eigenvalue weighted by Gasteiger charge is 2.37. The number of fused-ring (bicyclic) bond motifs is 1. The summed E-state index contributed by atoms with van der Waals surface area (Å²) in [7, 11) is 0. The summed E-state index contributed by atoms with van der Waals surface area (Å²) in [6.07, 6.45) is 5.79. The average Bonchev–Trinajstić information content (AvgIpc) is 3.08. The highest BCUT2D eigenvalue weighted by Crippen LogP contribution is 2.30. The Labute approximate surface area is 116 Å². The third-order valence-electron chi connectivity index (χ3n) is 4.59. The van der Waals surface area contributed by atoms with Gasteiger partial charge in [-0.05, 0) is 24.7 Å². The van der Waals surface area contributed by atoms with E-state index in [2.05, 4.69) is 34.8 Å². The van der Waals surface area contributed by atoms with E-state index >= 15 is 0 Å². The Hall–Kier alpha value is -1.03. The van der Waals surface area contributed by atoms with E-state index < -0.39 is 0 Å². The van der Waals surface area contributed by atoms with Crippen molar-refractivity contribution in [2.75, 3.05) is 31.1 Å². The van der Waals surface area contributed by atoms with Gasteiger partial charge in [-0.1, -0.05) is 20.3 Å². The molecule has 0 amide bonds. The summed E-state index contributed by atoms with van der Waals surface area (Å²) in [5.74, 6) is 2.89. The largest absolute Gasteiger partial charge is 0.342 e. The molecule has 0 spiro atoms. The van der Waals surface area contributed by atoms with E-state index in [0.717, 1.165) is 24.8 Å². The summed E-state index contributed by atoms with van der Waals surface area (Å²) in [6.45, 7) is 10.3. The summed E-state index contributed by atoms with van der Waals surface area (Å²) in [5.41, 5.74) is 1.24. The Morgan fingerprint density at radius 2 is 2.00 bits per heavy atom. The SMILES string of the molecule is CCCCn1cc(CC)nc1N1CC2CNCC2C1. The summed E-state index contributed by atoms with van der Waals surface area (Å²) in [4.78, 5) is 7.38. The molecule has 1 aromatic heterocycles. The molecule has 1 aromatic rings. The maximum atomic E-state index is 4.86. The second-order valence-corrected chi connectivity index (χ2v) is 6.02. The predicted molar refractivity (Wildman–Crippen MR) is 78.6 cm³/mol. The van der Waals surface area contributed by atoms with Gasteiger partial charge in [0.15, 0.2) is 0 Å². The van der Waals surface area contributed by atoms with Gasteiger partial charge in [0, 0.05) is 38.9 Å². The van der Waals surface area contributed by atoms with Crippen LogP contribution in [0.25, 0.3) is 0 Å². The fraction of sp³-hybridized carbons (Fsp3) is 0.800. The molecule has 2 aliphatic heterocycles. The van der Waals surface area contributed by atoms with Crippen LogP contribution in [-0.2, 0) is 13.0 Å². The first-order chi connectivity index (χ1) is 9.31. The minimum atomic E-state index is 0.835. The second-order valence-electron chi connectivity index (χ2n) is 6.02. The number of nitrogens with one attached hydrogen (secondary N) is 1. The molecule has 2 saturated heterocycles. The van der Waals surface area contributed by atoms with Crippen molar-refractivity contribution in [3.05, 3.63) is 11.9 Å². The molecule has 19 heavy (non-hydrogen) atoms. The van der Waals surface area contributed by atoms with Crippen LogP contribution < -0.4 is 10.2 Å². The van der Waals surface area contributed by atoms with E-state index in [1.165, 1.54) is 50.7 Å². The predicted octanol–water partition coefficient (Wildman–Crippen LogP) is 1.90. The van der Waals surface area contributed by atoms with E-state index in [9.17, 15) is 0 Å². The smallest absolute Gasteiger partial charge is 0.205 e. The van der Waals surface area contributed by atoms with E-state index in [-0.39, 0.29) is 0 Å². The monoisotopic (exact) mass is 262 g/mol. The first kappa shape index (κ1) is 13.0. The Kier molecular flexibility index (Phi) is 3.78. The number of hydrogen-bond donors (Lipinski definition) is 1. The third kappa shape index (κ3) is 2.50. The molecule has 3 heterocycles. The molecular formula is C15H26N4. The molecule has 0 radical (unpaired) electrons. The van der Waals surface area contributed by atoms with Gasteiger partial charge >= 0.3 is 0 Å². The lowest BCUT2D eigenvalue weighted by molar-refractivity contribution is 0.533. The van der Waals surface area contributed by atoms with Crippen molar-refractivity contribution in [1.82, 2.24) is 14.9 Å². The topological polar surface area (TPSA) is 33.1 Å². The van der Waals surface area contributed by atoms with Crippen LogP contribution >= 0.6 is 0 Å². The van der Waals surface area contributed by atoms with Gasteiger partial charge in [0.25, 0.3) is 0 Å². The van der Waals surface area contributed by atoms with Gasteiger partial charge in [0.2, 0.25) is 5.95 Å². The summed E-state index contributed by atoms with van der Waals surface area (Å²) in [6, 6.07) is 0. The molecule has 2 unspecified atom stereocenters. The van der Waals surface area contributed by atoms with Gasteiger partial charge in [-0.25, -0.2) is 4.98 Å². The lowest BCUT2D eigenvalue weighted by Crippen LogP contribution is -2.28. The third-order valence-corrected chi connectivity index (χ3v) is 4.59. The van der Waals surface area contributed by atoms with Crippen LogP contribution in [0.15, 0.2) is 6.20 Å². The van der Waals surface area contributed by atoms with Crippen molar-refractivity contribution in [1.29, 1.82) is 0 Å². The number of nitrogens with zero attached hydrogens (tertiary/aromatic N) is 3. The standard InChI is InChI=1S/C15H26N4/c1-3-5-6-18-11-14(4-2)17-15(18)19-9-12-7-16-8-13(12)10-19/h11-13,16H,3-10H2,1-2H3. The van der Waals surface area contributed by atoms with Crippen LogP contribution in [-0.4, -0.2) is 35.7 Å². The normalized spacial score (nSPS) is 26.1. The van der Waals surface area contributed by atoms with Crippen LogP contribution in [0.1, 0.15) is 32.4 Å². The zero-order valence-electron chi connectivity index (χ0n) is 12.2. The van der Waals surface area contributed by atoms with E-state index in [1.807, 2.05) is 0 Å². The minimum Gasteiger partial charge on any atom is -0.342 e. The van der Waals surface area contributed by atoms with Gasteiger partial charge in [0.1, 0.15) is 0 Å². The van der Waals surface area contributed by atoms with Crippen molar-refractivity contribution in [3.8, 4) is 0 Å². The molecule has 4 heteroatoms. The number of unbranched alkanes of at least 4 members (excludes halogenated alkanes) is 1. The molecule has 2 atom stereocenters. The number of aryl methyl sites for hydroxylation is 2. The number of anilines is 1. The summed E-state index contributed by atoms with van der Waals surface area (Å²) in [5, 5.41) is 3.51. The van der Waals surface area contributed by atoms with Crippen LogP contribution in [0.3, 0.4) is 0 Å². The highest BCUT2D eigenvalue weighted by molar-refractivity contribution is 5.36. The molecule has 2 aliphatic rings. The lowest BCUT2D eigenvalue weighted by atomic mass is 10.0. The molecule has 4 nitrogen and oxygen atoms in total. The molecule has 2 fully saturated rings. The molecule has 0 saturated carbocycles. The fourth-order valence-electron chi connectivity index (χ4n) is 3.39. The van der Waals surface area contributed by atoms with E-state index in [4.69, 9.17) is 4.98 Å². The lowest BCUT2D eigenvalue weighted by Gasteiger charge is -2.20. The van der Waals surface area contributed by atoms with Gasteiger partial charge in [-0.2, -0.15) is 0 Å². The first-order valence-corrected chi connectivity index (χ1v) is 7.83. The van der Waals surface area contributed by atoms with Gasteiger partial charge in [-0.15, -0.1) is 0 Å². The number of imidazole rings is 1. The summed E-state index contributed by atoms with van der Waals surface area (Å²) >= 11 is 0. The second kappa shape index (κ2) is 5.53. The quantitative estimate of drug-likeness (QED) is 0.880. The zero-order chi connectivity index (χ0) is 13.2. The Bertz CT molecular complexity index is 414. The zero-order valence-corrected chi connectivity index (χ0v) is 12.2. The van der Waals surface area contributed by atoms with Crippen molar-refractivity contribution < 1.29 is 0 Å². The van der Waals surface area contributed by atoms with E-state index in [0.29, 0.717) is 0 Å². The molecule has 106 valence electrons. The number of aromatic nitrogens is 2. The van der Waals surface area contributed by atoms with E-state index in [1.54, 1.807) is 0 Å². The van der Waals surface area contributed by atoms with Crippen molar-refractivity contribution >= 4 is 5.95 Å². The van der Waals surface area contributed by atoms with Crippen molar-refractivity contribution in [2.24, 2.45) is 11.8 Å². The molecule has 1 N–H and O–H groups in total. The van der Waals surface area contributed by atoms with Crippen LogP contribution in [0, 0.1) is 11.8 Å². The highest BCUT2D eigenvalue weighted by atomic mass is 15.3. The average molecular weight is 262 g/mol. The fourth-order valence-corrected chi connectivity index (χ4v) is 3.39. The van der Waals surface area contributed by atoms with Gasteiger partial charge < -0.3 is 14.8 Å².